The van der Waals surface area contributed by atoms with Crippen LogP contribution in [0.2, 0.25) is 0 Å². The molecule has 17 heavy (non-hydrogen) atoms. The zero-order chi connectivity index (χ0) is 13.1. The first kappa shape index (κ1) is 15.7. The first-order chi connectivity index (χ1) is 8.15. The van der Waals surface area contributed by atoms with Gasteiger partial charge in [-0.05, 0) is 32.3 Å². The molecule has 0 radical (unpaired) electrons. The fraction of sp³-hybridized carbons (Fsp3) is 0.615. The Morgan fingerprint density at radius 2 is 2.00 bits per heavy atom. The monoisotopic (exact) mass is 240 g/mol. The van der Waals surface area contributed by atoms with Gasteiger partial charge in [-0.1, -0.05) is 19.9 Å². The lowest BCUT2D eigenvalue weighted by molar-refractivity contribution is -0.136. The fourth-order valence-electron chi connectivity index (χ4n) is 1.34. The number of methoxy groups -OCH3 is 1. The van der Waals surface area contributed by atoms with Gasteiger partial charge in [0.2, 0.25) is 0 Å². The van der Waals surface area contributed by atoms with Crippen LogP contribution in [0.1, 0.15) is 20.8 Å². The Kier molecular flexibility index (Phi) is 9.15. The van der Waals surface area contributed by atoms with Gasteiger partial charge in [0.05, 0.1) is 7.11 Å². The summed E-state index contributed by atoms with van der Waals surface area (Å²) in [4.78, 5) is 13.4. The van der Waals surface area contributed by atoms with Crippen LogP contribution in [-0.4, -0.2) is 44.2 Å². The van der Waals surface area contributed by atoms with E-state index in [0.717, 1.165) is 26.2 Å². The molecule has 4 nitrogen and oxygen atoms in total. The Balaban J connectivity index is 3.78. The van der Waals surface area contributed by atoms with Gasteiger partial charge in [0, 0.05) is 18.7 Å². The van der Waals surface area contributed by atoms with Crippen molar-refractivity contribution in [3.8, 4) is 0 Å². The second kappa shape index (κ2) is 9.90. The summed E-state index contributed by atoms with van der Waals surface area (Å²) >= 11 is 0. The lowest BCUT2D eigenvalue weighted by Crippen LogP contribution is -2.30. The molecule has 0 saturated heterocycles. The SMILES string of the molecule is CCN(CC)CCN/C=C\C=C(/C)C(=O)OC. The maximum absolute atomic E-state index is 11.0. The van der Waals surface area contributed by atoms with Crippen LogP contribution in [0.3, 0.4) is 0 Å². The number of ether oxygens (including phenoxy) is 1. The maximum atomic E-state index is 11.0. The van der Waals surface area contributed by atoms with E-state index in [1.54, 1.807) is 13.0 Å². The van der Waals surface area contributed by atoms with E-state index in [1.807, 2.05) is 12.3 Å². The predicted molar refractivity (Wildman–Crippen MR) is 70.7 cm³/mol. The Hall–Kier alpha value is -1.29. The number of hydrogen-bond donors (Lipinski definition) is 1. The van der Waals surface area contributed by atoms with E-state index in [-0.39, 0.29) is 5.97 Å². The molecular formula is C13H24N2O2. The molecule has 0 bridgehead atoms. The maximum Gasteiger partial charge on any atom is 0.333 e. The molecule has 0 atom stereocenters. The van der Waals surface area contributed by atoms with E-state index in [4.69, 9.17) is 0 Å². The molecule has 0 saturated carbocycles. The summed E-state index contributed by atoms with van der Waals surface area (Å²) in [5, 5.41) is 3.18. The van der Waals surface area contributed by atoms with Crippen molar-refractivity contribution >= 4 is 5.97 Å². The number of esters is 1. The van der Waals surface area contributed by atoms with E-state index in [9.17, 15) is 4.79 Å². The van der Waals surface area contributed by atoms with Gasteiger partial charge in [-0.15, -0.1) is 0 Å². The van der Waals surface area contributed by atoms with Gasteiger partial charge in [0.15, 0.2) is 0 Å². The third-order valence-electron chi connectivity index (χ3n) is 2.53. The second-order valence-corrected chi connectivity index (χ2v) is 3.68. The zero-order valence-electron chi connectivity index (χ0n) is 11.3. The van der Waals surface area contributed by atoms with Gasteiger partial charge in [-0.25, -0.2) is 4.79 Å². The molecule has 0 amide bonds. The first-order valence-electron chi connectivity index (χ1n) is 6.03. The summed E-state index contributed by atoms with van der Waals surface area (Å²) in [6.45, 7) is 10.1. The van der Waals surface area contributed by atoms with Crippen molar-refractivity contribution in [2.24, 2.45) is 0 Å². The molecule has 0 aliphatic heterocycles. The molecule has 0 unspecified atom stereocenters. The van der Waals surface area contributed by atoms with E-state index < -0.39 is 0 Å². The van der Waals surface area contributed by atoms with Crippen LogP contribution in [0, 0.1) is 0 Å². The Labute approximate surface area is 104 Å². The number of carbonyl (C=O) groups excluding carboxylic acids is 1. The van der Waals surface area contributed by atoms with Gasteiger partial charge in [0.25, 0.3) is 0 Å². The average molecular weight is 240 g/mol. The minimum atomic E-state index is -0.294. The summed E-state index contributed by atoms with van der Waals surface area (Å²) in [6, 6.07) is 0. The molecule has 98 valence electrons. The summed E-state index contributed by atoms with van der Waals surface area (Å²) in [5.41, 5.74) is 0.592. The van der Waals surface area contributed by atoms with Crippen molar-refractivity contribution in [3.63, 3.8) is 0 Å². The highest BCUT2D eigenvalue weighted by molar-refractivity contribution is 5.87. The highest BCUT2D eigenvalue weighted by Gasteiger charge is 1.99. The number of likely N-dealkylation sites (N-methyl/N-ethyl adjacent to an activating group) is 1. The molecule has 0 fully saturated rings. The van der Waals surface area contributed by atoms with Gasteiger partial charge in [-0.2, -0.15) is 0 Å². The van der Waals surface area contributed by atoms with Crippen molar-refractivity contribution in [2.45, 2.75) is 20.8 Å². The van der Waals surface area contributed by atoms with Gasteiger partial charge in [-0.3, -0.25) is 0 Å². The smallest absolute Gasteiger partial charge is 0.333 e. The largest absolute Gasteiger partial charge is 0.466 e. The third-order valence-corrected chi connectivity index (χ3v) is 2.53. The van der Waals surface area contributed by atoms with E-state index >= 15 is 0 Å². The Morgan fingerprint density at radius 1 is 1.35 bits per heavy atom. The molecule has 0 rings (SSSR count). The standard InChI is InChI=1S/C13H24N2O2/c1-5-15(6-2)11-10-14-9-7-8-12(3)13(16)17-4/h7-9,14H,5-6,10-11H2,1-4H3/b9-7-,12-8+. The molecule has 1 N–H and O–H groups in total. The van der Waals surface area contributed by atoms with Crippen LogP contribution in [0.4, 0.5) is 0 Å². The molecular weight excluding hydrogens is 216 g/mol. The zero-order valence-corrected chi connectivity index (χ0v) is 11.3. The molecule has 0 aliphatic carbocycles. The minimum absolute atomic E-state index is 0.294. The van der Waals surface area contributed by atoms with Gasteiger partial charge in [0.1, 0.15) is 0 Å². The summed E-state index contributed by atoms with van der Waals surface area (Å²) in [5.74, 6) is -0.294. The molecule has 0 aromatic heterocycles. The van der Waals surface area contributed by atoms with Gasteiger partial charge >= 0.3 is 5.97 Å². The summed E-state index contributed by atoms with van der Waals surface area (Å²) in [7, 11) is 1.38. The third kappa shape index (κ3) is 7.58. The highest BCUT2D eigenvalue weighted by atomic mass is 16.5. The topological polar surface area (TPSA) is 41.6 Å². The highest BCUT2D eigenvalue weighted by Crippen LogP contribution is 1.94. The number of hydrogen-bond acceptors (Lipinski definition) is 4. The van der Waals surface area contributed by atoms with Crippen molar-refractivity contribution in [1.29, 1.82) is 0 Å². The summed E-state index contributed by atoms with van der Waals surface area (Å²) in [6.07, 6.45) is 5.39. The summed E-state index contributed by atoms with van der Waals surface area (Å²) < 4.78 is 4.58. The first-order valence-corrected chi connectivity index (χ1v) is 6.03. The molecule has 4 heteroatoms. The number of nitrogens with zero attached hydrogens (tertiary/aromatic N) is 1. The van der Waals surface area contributed by atoms with Gasteiger partial charge < -0.3 is 15.0 Å². The fourth-order valence-corrected chi connectivity index (χ4v) is 1.34. The normalized spacial score (nSPS) is 12.2. The second-order valence-electron chi connectivity index (χ2n) is 3.68. The van der Waals surface area contributed by atoms with Crippen molar-refractivity contribution in [3.05, 3.63) is 23.9 Å². The molecule has 0 aromatic rings. The Bertz CT molecular complexity index is 269. The molecule has 0 aliphatic rings. The van der Waals surface area contributed by atoms with E-state index in [0.29, 0.717) is 5.57 Å². The quantitative estimate of drug-likeness (QED) is 0.302. The van der Waals surface area contributed by atoms with Crippen molar-refractivity contribution in [2.75, 3.05) is 33.3 Å². The number of allylic oxidation sites excluding steroid dienone is 2. The van der Waals surface area contributed by atoms with Crippen LogP contribution in [0.25, 0.3) is 0 Å². The van der Waals surface area contributed by atoms with E-state index in [2.05, 4.69) is 28.8 Å². The van der Waals surface area contributed by atoms with Crippen molar-refractivity contribution in [1.82, 2.24) is 10.2 Å². The minimum Gasteiger partial charge on any atom is -0.466 e. The van der Waals surface area contributed by atoms with Crippen LogP contribution in [0.5, 0.6) is 0 Å². The lowest BCUT2D eigenvalue weighted by atomic mass is 10.3. The number of nitrogens with one attached hydrogen (secondary N) is 1. The van der Waals surface area contributed by atoms with Crippen LogP contribution >= 0.6 is 0 Å². The van der Waals surface area contributed by atoms with Crippen LogP contribution in [0.15, 0.2) is 23.9 Å². The lowest BCUT2D eigenvalue weighted by Gasteiger charge is -2.17. The van der Waals surface area contributed by atoms with E-state index in [1.165, 1.54) is 7.11 Å². The molecule has 0 spiro atoms. The average Bonchev–Trinajstić information content (AvgIpc) is 2.36. The number of carbonyl (C=O) groups is 1. The Morgan fingerprint density at radius 3 is 2.53 bits per heavy atom. The number of rotatable bonds is 8. The van der Waals surface area contributed by atoms with Crippen LogP contribution in [-0.2, 0) is 9.53 Å². The van der Waals surface area contributed by atoms with Crippen molar-refractivity contribution < 1.29 is 9.53 Å². The molecule has 0 aromatic carbocycles. The predicted octanol–water partition coefficient (Wildman–Crippen LogP) is 1.55. The molecule has 0 heterocycles. The van der Waals surface area contributed by atoms with Crippen LogP contribution < -0.4 is 5.32 Å².